The standard InChI is InChI=1S/C21H25N3S/c1-4-17-13-25-21-23-19(18-7-5-6-12-22-18)20(24(17)21)16-10-8-15(9-11-16)14(2)3/h5-12,14,17,19-20H,4,13H2,1-3H3/t17-,19+,20+/m0/s1. The quantitative estimate of drug-likeness (QED) is 0.759. The first kappa shape index (κ1) is 16.6. The maximum Gasteiger partial charge on any atom is 0.160 e. The molecule has 2 aliphatic rings. The van der Waals surface area contributed by atoms with E-state index in [0.717, 1.165) is 17.9 Å². The smallest absolute Gasteiger partial charge is 0.160 e. The van der Waals surface area contributed by atoms with Gasteiger partial charge in [-0.1, -0.05) is 62.9 Å². The van der Waals surface area contributed by atoms with Crippen molar-refractivity contribution in [1.29, 1.82) is 0 Å². The third-order valence-corrected chi connectivity index (χ3v) is 6.40. The highest BCUT2D eigenvalue weighted by atomic mass is 32.2. The molecule has 0 bridgehead atoms. The van der Waals surface area contributed by atoms with Crippen LogP contribution in [-0.4, -0.2) is 26.8 Å². The van der Waals surface area contributed by atoms with Crippen LogP contribution in [-0.2, 0) is 0 Å². The summed E-state index contributed by atoms with van der Waals surface area (Å²) in [6.45, 7) is 6.76. The molecule has 0 saturated carbocycles. The summed E-state index contributed by atoms with van der Waals surface area (Å²) in [7, 11) is 0. The average molecular weight is 352 g/mol. The molecule has 4 rings (SSSR count). The lowest BCUT2D eigenvalue weighted by molar-refractivity contribution is 0.255. The number of nitrogens with zero attached hydrogens (tertiary/aromatic N) is 3. The number of thioether (sulfide) groups is 1. The third kappa shape index (κ3) is 2.97. The summed E-state index contributed by atoms with van der Waals surface area (Å²) in [5, 5.41) is 1.19. The van der Waals surface area contributed by atoms with E-state index in [1.54, 1.807) is 0 Å². The number of amidine groups is 1. The van der Waals surface area contributed by atoms with Crippen LogP contribution in [0.1, 0.15) is 62.0 Å². The van der Waals surface area contributed by atoms with Crippen LogP contribution in [0.25, 0.3) is 0 Å². The molecule has 2 aromatic rings. The van der Waals surface area contributed by atoms with E-state index in [4.69, 9.17) is 4.99 Å². The zero-order chi connectivity index (χ0) is 17.4. The number of fused-ring (bicyclic) bond motifs is 1. The van der Waals surface area contributed by atoms with Gasteiger partial charge in [0.1, 0.15) is 6.04 Å². The minimum absolute atomic E-state index is 0.0861. The van der Waals surface area contributed by atoms with Gasteiger partial charge >= 0.3 is 0 Å². The molecule has 0 aliphatic carbocycles. The summed E-state index contributed by atoms with van der Waals surface area (Å²) >= 11 is 1.90. The highest BCUT2D eigenvalue weighted by Crippen LogP contribution is 2.48. The molecule has 1 fully saturated rings. The largest absolute Gasteiger partial charge is 0.338 e. The van der Waals surface area contributed by atoms with Gasteiger partial charge in [-0.25, -0.2) is 0 Å². The first-order chi connectivity index (χ1) is 12.2. The minimum atomic E-state index is 0.0861. The Morgan fingerprint density at radius 1 is 1.16 bits per heavy atom. The minimum Gasteiger partial charge on any atom is -0.338 e. The number of rotatable bonds is 4. The molecule has 0 amide bonds. The monoisotopic (exact) mass is 351 g/mol. The van der Waals surface area contributed by atoms with Crippen molar-refractivity contribution in [2.75, 3.05) is 5.75 Å². The topological polar surface area (TPSA) is 28.5 Å². The Balaban J connectivity index is 1.75. The fourth-order valence-electron chi connectivity index (χ4n) is 3.79. The summed E-state index contributed by atoms with van der Waals surface area (Å²) in [6, 6.07) is 16.2. The first-order valence-corrected chi connectivity index (χ1v) is 10.2. The molecular weight excluding hydrogens is 326 g/mol. The third-order valence-electron chi connectivity index (χ3n) is 5.27. The van der Waals surface area contributed by atoms with Crippen LogP contribution >= 0.6 is 11.8 Å². The zero-order valence-electron chi connectivity index (χ0n) is 15.1. The molecule has 130 valence electrons. The fraction of sp³-hybridized carbons (Fsp3) is 0.429. The van der Waals surface area contributed by atoms with Gasteiger partial charge in [0.2, 0.25) is 0 Å². The molecule has 2 aliphatic heterocycles. The Kier molecular flexibility index (Phi) is 4.55. The van der Waals surface area contributed by atoms with Crippen molar-refractivity contribution in [3.8, 4) is 0 Å². The summed E-state index contributed by atoms with van der Waals surface area (Å²) < 4.78 is 0. The molecule has 4 heteroatoms. The van der Waals surface area contributed by atoms with E-state index in [1.807, 2.05) is 24.0 Å². The Morgan fingerprint density at radius 2 is 1.96 bits per heavy atom. The van der Waals surface area contributed by atoms with Crippen molar-refractivity contribution < 1.29 is 0 Å². The molecule has 25 heavy (non-hydrogen) atoms. The molecule has 0 spiro atoms. The number of aliphatic imine (C=N–C) groups is 1. The average Bonchev–Trinajstić information content (AvgIpc) is 3.21. The van der Waals surface area contributed by atoms with Crippen LogP contribution in [0.15, 0.2) is 53.7 Å². The molecule has 0 radical (unpaired) electrons. The van der Waals surface area contributed by atoms with E-state index < -0.39 is 0 Å². The number of hydrogen-bond acceptors (Lipinski definition) is 4. The van der Waals surface area contributed by atoms with Gasteiger partial charge in [-0.15, -0.1) is 0 Å². The lowest BCUT2D eigenvalue weighted by Crippen LogP contribution is -2.35. The molecule has 3 heterocycles. The summed E-state index contributed by atoms with van der Waals surface area (Å²) in [5.74, 6) is 1.70. The van der Waals surface area contributed by atoms with Crippen molar-refractivity contribution >= 4 is 16.9 Å². The summed E-state index contributed by atoms with van der Waals surface area (Å²) in [5.41, 5.74) is 3.80. The second-order valence-corrected chi connectivity index (χ2v) is 8.14. The van der Waals surface area contributed by atoms with Gasteiger partial charge in [0.05, 0.1) is 11.7 Å². The second-order valence-electron chi connectivity index (χ2n) is 7.16. The lowest BCUT2D eigenvalue weighted by atomic mass is 9.93. The van der Waals surface area contributed by atoms with Gasteiger partial charge < -0.3 is 4.90 Å². The maximum absolute atomic E-state index is 5.08. The van der Waals surface area contributed by atoms with Crippen LogP contribution in [0.2, 0.25) is 0 Å². The van der Waals surface area contributed by atoms with Crippen molar-refractivity contribution in [2.45, 2.75) is 51.2 Å². The van der Waals surface area contributed by atoms with Crippen LogP contribution in [0.3, 0.4) is 0 Å². The Labute approximate surface area is 154 Å². The van der Waals surface area contributed by atoms with Crippen LogP contribution < -0.4 is 0 Å². The SMILES string of the molecule is CC[C@H]1CSC2=N[C@H](c3ccccn3)[C@@H](c3ccc(C(C)C)cc3)N21. The van der Waals surface area contributed by atoms with Crippen LogP contribution in [0.4, 0.5) is 0 Å². The Morgan fingerprint density at radius 3 is 2.60 bits per heavy atom. The number of hydrogen-bond donors (Lipinski definition) is 0. The molecule has 3 atom stereocenters. The lowest BCUT2D eigenvalue weighted by Gasteiger charge is -2.32. The van der Waals surface area contributed by atoms with Gasteiger partial charge in [-0.2, -0.15) is 0 Å². The molecule has 1 aromatic heterocycles. The molecule has 0 unspecified atom stereocenters. The molecular formula is C21H25N3S. The van der Waals surface area contributed by atoms with Crippen molar-refractivity contribution in [3.63, 3.8) is 0 Å². The van der Waals surface area contributed by atoms with E-state index >= 15 is 0 Å². The van der Waals surface area contributed by atoms with E-state index in [0.29, 0.717) is 12.0 Å². The molecule has 1 aromatic carbocycles. The number of aromatic nitrogens is 1. The predicted molar refractivity (Wildman–Crippen MR) is 106 cm³/mol. The predicted octanol–water partition coefficient (Wildman–Crippen LogP) is 5.18. The van der Waals surface area contributed by atoms with Crippen molar-refractivity contribution in [1.82, 2.24) is 9.88 Å². The summed E-state index contributed by atoms with van der Waals surface area (Å²) in [6.07, 6.45) is 3.03. The van der Waals surface area contributed by atoms with E-state index in [-0.39, 0.29) is 12.1 Å². The second kappa shape index (κ2) is 6.83. The van der Waals surface area contributed by atoms with Gasteiger partial charge in [-0.3, -0.25) is 9.98 Å². The van der Waals surface area contributed by atoms with Crippen molar-refractivity contribution in [2.24, 2.45) is 4.99 Å². The Bertz CT molecular complexity index is 754. The van der Waals surface area contributed by atoms with Gasteiger partial charge in [0.25, 0.3) is 0 Å². The highest BCUT2D eigenvalue weighted by Gasteiger charge is 2.45. The fourth-order valence-corrected chi connectivity index (χ4v) is 5.13. The zero-order valence-corrected chi connectivity index (χ0v) is 15.9. The molecule has 1 saturated heterocycles. The van der Waals surface area contributed by atoms with E-state index in [9.17, 15) is 0 Å². The van der Waals surface area contributed by atoms with Crippen LogP contribution in [0, 0.1) is 0 Å². The first-order valence-electron chi connectivity index (χ1n) is 9.18. The maximum atomic E-state index is 5.08. The molecule has 3 nitrogen and oxygen atoms in total. The van der Waals surface area contributed by atoms with E-state index in [2.05, 4.69) is 67.1 Å². The Hall–Kier alpha value is -1.81. The van der Waals surface area contributed by atoms with Gasteiger partial charge in [-0.05, 0) is 35.6 Å². The number of pyridine rings is 1. The van der Waals surface area contributed by atoms with Gasteiger partial charge in [0, 0.05) is 18.0 Å². The van der Waals surface area contributed by atoms with Crippen molar-refractivity contribution in [3.05, 3.63) is 65.5 Å². The normalized spacial score (nSPS) is 25.4. The number of benzene rings is 1. The highest BCUT2D eigenvalue weighted by molar-refractivity contribution is 8.14. The van der Waals surface area contributed by atoms with Crippen LogP contribution in [0.5, 0.6) is 0 Å². The van der Waals surface area contributed by atoms with E-state index in [1.165, 1.54) is 16.3 Å². The summed E-state index contributed by atoms with van der Waals surface area (Å²) in [4.78, 5) is 12.2. The molecule has 0 N–H and O–H groups in total. The van der Waals surface area contributed by atoms with Gasteiger partial charge in [0.15, 0.2) is 5.17 Å².